The van der Waals surface area contributed by atoms with Crippen LogP contribution in [0.5, 0.6) is 0 Å². The molecule has 0 unspecified atom stereocenters. The topological polar surface area (TPSA) is 72.4 Å². The second-order valence-corrected chi connectivity index (χ2v) is 4.46. The van der Waals surface area contributed by atoms with E-state index in [2.05, 4.69) is 4.90 Å². The first-order chi connectivity index (χ1) is 7.18. The molecule has 0 atom stereocenters. The fourth-order valence-corrected chi connectivity index (χ4v) is 1.99. The quantitative estimate of drug-likeness (QED) is 0.629. The lowest BCUT2D eigenvalue weighted by molar-refractivity contribution is -0.118. The first-order valence-electron chi connectivity index (χ1n) is 5.94. The fourth-order valence-electron chi connectivity index (χ4n) is 1.99. The molecule has 1 saturated heterocycles. The molecule has 1 fully saturated rings. The van der Waals surface area contributed by atoms with Crippen molar-refractivity contribution in [3.8, 4) is 0 Å². The molecule has 1 heterocycles. The molecule has 4 heteroatoms. The largest absolute Gasteiger partial charge is 0.370 e. The van der Waals surface area contributed by atoms with Crippen molar-refractivity contribution in [2.45, 2.75) is 44.6 Å². The van der Waals surface area contributed by atoms with E-state index in [1.54, 1.807) is 0 Å². The number of nitrogens with two attached hydrogens (primary N) is 2. The van der Waals surface area contributed by atoms with Crippen molar-refractivity contribution in [1.29, 1.82) is 0 Å². The number of hydrogen-bond donors (Lipinski definition) is 2. The second kappa shape index (κ2) is 6.80. The molecular weight excluding hydrogens is 190 g/mol. The van der Waals surface area contributed by atoms with E-state index < -0.39 is 0 Å². The standard InChI is InChI=1S/C11H23N3O/c12-10-5-8-14(9-6-10)7-3-1-2-4-11(13)15/h10H,1-9,12H2,(H2,13,15). The Labute approximate surface area is 92.0 Å². The summed E-state index contributed by atoms with van der Waals surface area (Å²) in [5.41, 5.74) is 10.9. The molecule has 0 radical (unpaired) electrons. The summed E-state index contributed by atoms with van der Waals surface area (Å²) in [7, 11) is 0. The van der Waals surface area contributed by atoms with Crippen LogP contribution in [0, 0.1) is 0 Å². The van der Waals surface area contributed by atoms with E-state index in [0.29, 0.717) is 12.5 Å². The second-order valence-electron chi connectivity index (χ2n) is 4.46. The minimum atomic E-state index is -0.182. The molecule has 0 saturated carbocycles. The molecule has 0 aromatic rings. The molecule has 1 rings (SSSR count). The van der Waals surface area contributed by atoms with Gasteiger partial charge in [0.25, 0.3) is 0 Å². The summed E-state index contributed by atoms with van der Waals surface area (Å²) >= 11 is 0. The van der Waals surface area contributed by atoms with Crippen LogP contribution in [0.4, 0.5) is 0 Å². The zero-order valence-corrected chi connectivity index (χ0v) is 9.45. The monoisotopic (exact) mass is 213 g/mol. The number of carbonyl (C=O) groups excluding carboxylic acids is 1. The molecule has 4 nitrogen and oxygen atoms in total. The highest BCUT2D eigenvalue weighted by molar-refractivity contribution is 5.73. The third-order valence-electron chi connectivity index (χ3n) is 3.03. The average molecular weight is 213 g/mol. The number of unbranched alkanes of at least 4 members (excludes halogenated alkanes) is 2. The van der Waals surface area contributed by atoms with Crippen LogP contribution in [-0.4, -0.2) is 36.5 Å². The van der Waals surface area contributed by atoms with Gasteiger partial charge in [0, 0.05) is 12.5 Å². The SMILES string of the molecule is NC(=O)CCCCCN1CCC(N)CC1. The minimum Gasteiger partial charge on any atom is -0.370 e. The Morgan fingerprint density at radius 3 is 2.47 bits per heavy atom. The van der Waals surface area contributed by atoms with Gasteiger partial charge >= 0.3 is 0 Å². The Kier molecular flexibility index (Phi) is 5.65. The maximum Gasteiger partial charge on any atom is 0.217 e. The molecule has 0 aromatic heterocycles. The molecule has 0 aromatic carbocycles. The summed E-state index contributed by atoms with van der Waals surface area (Å²) in [5.74, 6) is -0.182. The van der Waals surface area contributed by atoms with E-state index in [1.807, 2.05) is 0 Å². The Bertz CT molecular complexity index is 188. The molecule has 4 N–H and O–H groups in total. The fraction of sp³-hybridized carbons (Fsp3) is 0.909. The smallest absolute Gasteiger partial charge is 0.217 e. The van der Waals surface area contributed by atoms with Gasteiger partial charge in [0.05, 0.1) is 0 Å². The number of rotatable bonds is 6. The van der Waals surface area contributed by atoms with Crippen molar-refractivity contribution in [2.75, 3.05) is 19.6 Å². The first-order valence-corrected chi connectivity index (χ1v) is 5.94. The Hall–Kier alpha value is -0.610. The molecule has 1 aliphatic heterocycles. The number of likely N-dealkylation sites (tertiary alicyclic amines) is 1. The number of piperidine rings is 1. The highest BCUT2D eigenvalue weighted by atomic mass is 16.1. The van der Waals surface area contributed by atoms with Crippen molar-refractivity contribution in [3.05, 3.63) is 0 Å². The number of nitrogens with zero attached hydrogens (tertiary/aromatic N) is 1. The molecular formula is C11H23N3O. The summed E-state index contributed by atoms with van der Waals surface area (Å²) in [5, 5.41) is 0. The predicted octanol–water partition coefficient (Wildman–Crippen LogP) is 0.455. The van der Waals surface area contributed by atoms with Crippen molar-refractivity contribution in [3.63, 3.8) is 0 Å². The van der Waals surface area contributed by atoms with Crippen molar-refractivity contribution in [1.82, 2.24) is 4.90 Å². The van der Waals surface area contributed by atoms with Crippen molar-refractivity contribution >= 4 is 5.91 Å². The van der Waals surface area contributed by atoms with E-state index in [1.165, 1.54) is 6.42 Å². The van der Waals surface area contributed by atoms with Gasteiger partial charge in [-0.3, -0.25) is 4.79 Å². The Morgan fingerprint density at radius 2 is 1.87 bits per heavy atom. The third kappa shape index (κ3) is 5.74. The van der Waals surface area contributed by atoms with Crippen molar-refractivity contribution < 1.29 is 4.79 Å². The van der Waals surface area contributed by atoms with Crippen LogP contribution in [0.25, 0.3) is 0 Å². The van der Waals surface area contributed by atoms with E-state index >= 15 is 0 Å². The van der Waals surface area contributed by atoms with Gasteiger partial charge in [0.1, 0.15) is 0 Å². The summed E-state index contributed by atoms with van der Waals surface area (Å²) in [6.07, 6.45) is 5.99. The maximum atomic E-state index is 10.5. The van der Waals surface area contributed by atoms with Crippen LogP contribution in [0.2, 0.25) is 0 Å². The molecule has 1 amide bonds. The van der Waals surface area contributed by atoms with Crippen LogP contribution in [0.3, 0.4) is 0 Å². The lowest BCUT2D eigenvalue weighted by Gasteiger charge is -2.29. The average Bonchev–Trinajstić information content (AvgIpc) is 2.20. The van der Waals surface area contributed by atoms with Gasteiger partial charge in [-0.2, -0.15) is 0 Å². The Morgan fingerprint density at radius 1 is 1.20 bits per heavy atom. The minimum absolute atomic E-state index is 0.182. The summed E-state index contributed by atoms with van der Waals surface area (Å²) < 4.78 is 0. The normalized spacial score (nSPS) is 19.3. The van der Waals surface area contributed by atoms with Gasteiger partial charge in [-0.1, -0.05) is 6.42 Å². The first kappa shape index (κ1) is 12.5. The highest BCUT2D eigenvalue weighted by Crippen LogP contribution is 2.09. The van der Waals surface area contributed by atoms with Gasteiger partial charge in [-0.25, -0.2) is 0 Å². The van der Waals surface area contributed by atoms with Gasteiger partial charge in [-0.05, 0) is 45.3 Å². The van der Waals surface area contributed by atoms with E-state index in [4.69, 9.17) is 11.5 Å². The van der Waals surface area contributed by atoms with E-state index in [-0.39, 0.29) is 5.91 Å². The maximum absolute atomic E-state index is 10.5. The van der Waals surface area contributed by atoms with Crippen LogP contribution in [0.1, 0.15) is 38.5 Å². The van der Waals surface area contributed by atoms with Crippen molar-refractivity contribution in [2.24, 2.45) is 11.5 Å². The number of carbonyl (C=O) groups is 1. The molecule has 88 valence electrons. The van der Waals surface area contributed by atoms with E-state index in [0.717, 1.165) is 45.3 Å². The zero-order valence-electron chi connectivity index (χ0n) is 9.45. The van der Waals surface area contributed by atoms with E-state index in [9.17, 15) is 4.79 Å². The Balaban J connectivity index is 1.94. The van der Waals surface area contributed by atoms with Crippen LogP contribution >= 0.6 is 0 Å². The van der Waals surface area contributed by atoms with Crippen LogP contribution < -0.4 is 11.5 Å². The lowest BCUT2D eigenvalue weighted by Crippen LogP contribution is -2.40. The summed E-state index contributed by atoms with van der Waals surface area (Å²) in [4.78, 5) is 13.0. The van der Waals surface area contributed by atoms with Crippen LogP contribution in [0.15, 0.2) is 0 Å². The molecule has 0 bridgehead atoms. The predicted molar refractivity (Wildman–Crippen MR) is 61.3 cm³/mol. The highest BCUT2D eigenvalue weighted by Gasteiger charge is 2.14. The summed E-state index contributed by atoms with van der Waals surface area (Å²) in [6.45, 7) is 3.42. The molecule has 1 aliphatic rings. The number of hydrogen-bond acceptors (Lipinski definition) is 3. The molecule has 15 heavy (non-hydrogen) atoms. The lowest BCUT2D eigenvalue weighted by atomic mass is 10.1. The van der Waals surface area contributed by atoms with Crippen LogP contribution in [-0.2, 0) is 4.79 Å². The van der Waals surface area contributed by atoms with Gasteiger partial charge in [0.15, 0.2) is 0 Å². The number of amides is 1. The van der Waals surface area contributed by atoms with Gasteiger partial charge in [0.2, 0.25) is 5.91 Å². The molecule has 0 aliphatic carbocycles. The third-order valence-corrected chi connectivity index (χ3v) is 3.03. The molecule has 0 spiro atoms. The zero-order chi connectivity index (χ0) is 11.1. The van der Waals surface area contributed by atoms with Gasteiger partial charge in [-0.15, -0.1) is 0 Å². The van der Waals surface area contributed by atoms with Gasteiger partial charge < -0.3 is 16.4 Å². The summed E-state index contributed by atoms with van der Waals surface area (Å²) in [6, 6.07) is 0.413. The number of primary amides is 1.